The topological polar surface area (TPSA) is 52.6 Å². The van der Waals surface area contributed by atoms with Crippen LogP contribution in [-0.2, 0) is 5.41 Å². The summed E-state index contributed by atoms with van der Waals surface area (Å²) in [7, 11) is 0. The van der Waals surface area contributed by atoms with Gasteiger partial charge in [0.15, 0.2) is 5.76 Å². The molecule has 0 unspecified atom stereocenters. The summed E-state index contributed by atoms with van der Waals surface area (Å²) in [5.74, 6) is -0.525. The number of allylic oxidation sites excluding steroid dienone is 1. The van der Waals surface area contributed by atoms with Crippen molar-refractivity contribution in [3.63, 3.8) is 0 Å². The van der Waals surface area contributed by atoms with Crippen molar-refractivity contribution in [1.29, 1.82) is 0 Å². The Balaban J connectivity index is 1.52. The Bertz CT molecular complexity index is 1180. The molecule has 4 rings (SSSR count). The van der Waals surface area contributed by atoms with Gasteiger partial charge in [0.1, 0.15) is 17.3 Å². The zero-order valence-electron chi connectivity index (χ0n) is 17.4. The predicted octanol–water partition coefficient (Wildman–Crippen LogP) is 5.96. The van der Waals surface area contributed by atoms with Gasteiger partial charge >= 0.3 is 5.97 Å². The highest BCUT2D eigenvalue weighted by Crippen LogP contribution is 2.35. The van der Waals surface area contributed by atoms with Gasteiger partial charge in [0.2, 0.25) is 5.78 Å². The lowest BCUT2D eigenvalue weighted by atomic mass is 9.86. The quantitative estimate of drug-likeness (QED) is 0.300. The number of Topliss-reactive ketones (excluding diaryl/α,β-unsaturated/α-hetero) is 1. The standard InChI is InChI=1S/C26H21FO4/c1-26(2,3)18-8-4-16(5-9-18)14-23-24(28)21-13-12-20(15-22(21)31-23)30-25(29)17-6-10-19(27)11-7-17/h4-15H,1-3H3. The molecule has 0 saturated carbocycles. The molecule has 0 amide bonds. The monoisotopic (exact) mass is 416 g/mol. The fourth-order valence-corrected chi connectivity index (χ4v) is 3.21. The average Bonchev–Trinajstić information content (AvgIpc) is 3.03. The minimum absolute atomic E-state index is 0.0450. The highest BCUT2D eigenvalue weighted by molar-refractivity contribution is 6.14. The van der Waals surface area contributed by atoms with Crippen LogP contribution in [0.3, 0.4) is 0 Å². The molecule has 1 heterocycles. The number of hydrogen-bond donors (Lipinski definition) is 0. The maximum Gasteiger partial charge on any atom is 0.343 e. The van der Waals surface area contributed by atoms with Gasteiger partial charge in [0.05, 0.1) is 11.1 Å². The van der Waals surface area contributed by atoms with Crippen LogP contribution in [0.25, 0.3) is 6.08 Å². The summed E-state index contributed by atoms with van der Waals surface area (Å²) in [5.41, 5.74) is 2.72. The molecular weight excluding hydrogens is 395 g/mol. The van der Waals surface area contributed by atoms with Gasteiger partial charge in [-0.2, -0.15) is 0 Å². The van der Waals surface area contributed by atoms with E-state index in [4.69, 9.17) is 9.47 Å². The van der Waals surface area contributed by atoms with E-state index < -0.39 is 11.8 Å². The molecule has 31 heavy (non-hydrogen) atoms. The Morgan fingerprint density at radius 2 is 1.65 bits per heavy atom. The lowest BCUT2D eigenvalue weighted by Gasteiger charge is -2.18. The highest BCUT2D eigenvalue weighted by Gasteiger charge is 2.28. The van der Waals surface area contributed by atoms with Gasteiger partial charge in [-0.3, -0.25) is 4.79 Å². The maximum atomic E-state index is 13.0. The lowest BCUT2D eigenvalue weighted by molar-refractivity contribution is 0.0734. The van der Waals surface area contributed by atoms with Crippen LogP contribution in [0.2, 0.25) is 0 Å². The summed E-state index contributed by atoms with van der Waals surface area (Å²) in [6, 6.07) is 17.6. The van der Waals surface area contributed by atoms with Crippen molar-refractivity contribution in [3.8, 4) is 11.5 Å². The highest BCUT2D eigenvalue weighted by atomic mass is 19.1. The van der Waals surface area contributed by atoms with E-state index in [0.29, 0.717) is 11.3 Å². The van der Waals surface area contributed by atoms with Crippen molar-refractivity contribution in [2.45, 2.75) is 26.2 Å². The summed E-state index contributed by atoms with van der Waals surface area (Å²) < 4.78 is 24.1. The number of carbonyl (C=O) groups excluding carboxylic acids is 2. The first-order valence-corrected chi connectivity index (χ1v) is 9.87. The number of halogens is 1. The van der Waals surface area contributed by atoms with Crippen molar-refractivity contribution in [1.82, 2.24) is 0 Å². The maximum absolute atomic E-state index is 13.0. The van der Waals surface area contributed by atoms with Gasteiger partial charge in [-0.05, 0) is 59.0 Å². The van der Waals surface area contributed by atoms with Crippen LogP contribution in [0.1, 0.15) is 52.6 Å². The molecule has 4 nitrogen and oxygen atoms in total. The first-order chi connectivity index (χ1) is 14.7. The molecule has 5 heteroatoms. The van der Waals surface area contributed by atoms with E-state index in [2.05, 4.69) is 20.8 Å². The molecule has 1 aliphatic rings. The molecule has 0 aliphatic carbocycles. The second-order valence-corrected chi connectivity index (χ2v) is 8.37. The van der Waals surface area contributed by atoms with Gasteiger partial charge < -0.3 is 9.47 Å². The predicted molar refractivity (Wildman–Crippen MR) is 116 cm³/mol. The Kier molecular flexibility index (Phi) is 5.19. The van der Waals surface area contributed by atoms with Crippen LogP contribution in [0.15, 0.2) is 72.5 Å². The molecular formula is C26H21FO4. The smallest absolute Gasteiger partial charge is 0.343 e. The first-order valence-electron chi connectivity index (χ1n) is 9.87. The normalized spacial score (nSPS) is 14.3. The van der Waals surface area contributed by atoms with Crippen LogP contribution < -0.4 is 9.47 Å². The molecule has 0 bridgehead atoms. The van der Waals surface area contributed by atoms with E-state index in [0.717, 1.165) is 5.56 Å². The first kappa shape index (κ1) is 20.5. The van der Waals surface area contributed by atoms with Gasteiger partial charge in [0, 0.05) is 6.07 Å². The SMILES string of the molecule is CC(C)(C)c1ccc(C=C2Oc3cc(OC(=O)c4ccc(F)cc4)ccc3C2=O)cc1. The molecule has 0 aromatic heterocycles. The van der Waals surface area contributed by atoms with Gasteiger partial charge in [-0.15, -0.1) is 0 Å². The molecule has 0 atom stereocenters. The van der Waals surface area contributed by atoms with Gasteiger partial charge in [-0.1, -0.05) is 45.0 Å². The zero-order chi connectivity index (χ0) is 22.2. The van der Waals surface area contributed by atoms with Gasteiger partial charge in [-0.25, -0.2) is 9.18 Å². The fraction of sp³-hybridized carbons (Fsp3) is 0.154. The Hall–Kier alpha value is -3.73. The lowest BCUT2D eigenvalue weighted by Crippen LogP contribution is -2.10. The number of ketones is 1. The summed E-state index contributed by atoms with van der Waals surface area (Å²) in [6.45, 7) is 6.42. The van der Waals surface area contributed by atoms with Crippen LogP contribution in [0.5, 0.6) is 11.5 Å². The van der Waals surface area contributed by atoms with Crippen molar-refractivity contribution in [2.24, 2.45) is 0 Å². The molecule has 3 aromatic rings. The van der Waals surface area contributed by atoms with Crippen molar-refractivity contribution in [2.75, 3.05) is 0 Å². The molecule has 0 fully saturated rings. The number of hydrogen-bond acceptors (Lipinski definition) is 4. The molecule has 0 saturated heterocycles. The number of rotatable bonds is 3. The number of benzene rings is 3. The number of carbonyl (C=O) groups is 2. The number of ether oxygens (including phenoxy) is 2. The van der Waals surface area contributed by atoms with E-state index >= 15 is 0 Å². The van der Waals surface area contributed by atoms with E-state index in [-0.39, 0.29) is 28.3 Å². The molecule has 0 spiro atoms. The van der Waals surface area contributed by atoms with Crippen LogP contribution >= 0.6 is 0 Å². The van der Waals surface area contributed by atoms with Crippen LogP contribution in [0.4, 0.5) is 4.39 Å². The van der Waals surface area contributed by atoms with E-state index in [1.807, 2.05) is 24.3 Å². The third kappa shape index (κ3) is 4.40. The molecule has 3 aromatic carbocycles. The third-order valence-electron chi connectivity index (χ3n) is 5.01. The zero-order valence-corrected chi connectivity index (χ0v) is 17.4. The van der Waals surface area contributed by atoms with Crippen LogP contribution in [0, 0.1) is 5.82 Å². The molecule has 1 aliphatic heterocycles. The minimum Gasteiger partial charge on any atom is -0.452 e. The van der Waals surface area contributed by atoms with E-state index in [1.54, 1.807) is 12.1 Å². The molecule has 0 N–H and O–H groups in total. The van der Waals surface area contributed by atoms with Crippen LogP contribution in [-0.4, -0.2) is 11.8 Å². The van der Waals surface area contributed by atoms with Crippen molar-refractivity contribution in [3.05, 3.63) is 101 Å². The fourth-order valence-electron chi connectivity index (χ4n) is 3.21. The third-order valence-corrected chi connectivity index (χ3v) is 5.01. The summed E-state index contributed by atoms with van der Waals surface area (Å²) in [4.78, 5) is 24.9. The Labute approximate surface area is 179 Å². The minimum atomic E-state index is -0.626. The molecule has 156 valence electrons. The molecule has 0 radical (unpaired) electrons. The van der Waals surface area contributed by atoms with E-state index in [1.165, 1.54) is 42.0 Å². The van der Waals surface area contributed by atoms with E-state index in [9.17, 15) is 14.0 Å². The number of esters is 1. The second kappa shape index (κ2) is 7.84. The largest absolute Gasteiger partial charge is 0.452 e. The van der Waals surface area contributed by atoms with Crippen molar-refractivity contribution < 1.29 is 23.5 Å². The Morgan fingerprint density at radius 1 is 0.968 bits per heavy atom. The van der Waals surface area contributed by atoms with Crippen molar-refractivity contribution >= 4 is 17.8 Å². The summed E-state index contributed by atoms with van der Waals surface area (Å²) >= 11 is 0. The van der Waals surface area contributed by atoms with Gasteiger partial charge in [0.25, 0.3) is 0 Å². The summed E-state index contributed by atoms with van der Waals surface area (Å²) in [5, 5.41) is 0. The second-order valence-electron chi connectivity index (χ2n) is 8.37. The Morgan fingerprint density at radius 3 is 2.29 bits per heavy atom. The number of fused-ring (bicyclic) bond motifs is 1. The summed E-state index contributed by atoms with van der Waals surface area (Å²) in [6.07, 6.45) is 1.69. The average molecular weight is 416 g/mol.